The second-order valence-corrected chi connectivity index (χ2v) is 5.07. The molecule has 0 amide bonds. The number of anilines is 1. The third-order valence-corrected chi connectivity index (χ3v) is 3.84. The van der Waals surface area contributed by atoms with Gasteiger partial charge in [0.1, 0.15) is 5.75 Å². The van der Waals surface area contributed by atoms with Crippen LogP contribution in [0.15, 0.2) is 18.2 Å². The van der Waals surface area contributed by atoms with Gasteiger partial charge in [0.05, 0.1) is 18.7 Å². The molecule has 0 aliphatic carbocycles. The van der Waals surface area contributed by atoms with E-state index in [9.17, 15) is 0 Å². The van der Waals surface area contributed by atoms with Crippen molar-refractivity contribution < 1.29 is 9.84 Å². The van der Waals surface area contributed by atoms with Gasteiger partial charge in [0, 0.05) is 24.8 Å². The van der Waals surface area contributed by atoms with Crippen molar-refractivity contribution in [1.29, 1.82) is 0 Å². The summed E-state index contributed by atoms with van der Waals surface area (Å²) in [5.41, 5.74) is 6.95. The third-order valence-electron chi connectivity index (χ3n) is 3.54. The van der Waals surface area contributed by atoms with Crippen LogP contribution in [0.3, 0.4) is 0 Å². The second-order valence-electron chi connectivity index (χ2n) is 4.66. The molecule has 100 valence electrons. The molecule has 2 unspecified atom stereocenters. The fraction of sp³-hybridized carbons (Fsp3) is 0.538. The Hall–Kier alpha value is -0.970. The van der Waals surface area contributed by atoms with Crippen LogP contribution in [0.4, 0.5) is 5.69 Å². The van der Waals surface area contributed by atoms with E-state index in [4.69, 9.17) is 27.2 Å². The highest BCUT2D eigenvalue weighted by Crippen LogP contribution is 2.32. The molecule has 2 rings (SSSR count). The Labute approximate surface area is 112 Å². The Kier molecular flexibility index (Phi) is 4.32. The highest BCUT2D eigenvalue weighted by atomic mass is 35.5. The lowest BCUT2D eigenvalue weighted by Gasteiger charge is -2.21. The number of aliphatic hydroxyl groups is 1. The van der Waals surface area contributed by atoms with Gasteiger partial charge >= 0.3 is 0 Å². The molecule has 0 aromatic heterocycles. The normalized spacial score (nSPS) is 21.1. The molecule has 2 atom stereocenters. The molecule has 0 spiro atoms. The molecule has 5 heteroatoms. The molecule has 4 nitrogen and oxygen atoms in total. The van der Waals surface area contributed by atoms with Crippen molar-refractivity contribution in [3.63, 3.8) is 0 Å². The molecule has 1 aromatic rings. The number of benzene rings is 1. The smallest absolute Gasteiger partial charge is 0.137 e. The SMILES string of the molecule is COc1ccc(N2CCC(C(N)CO)C2)cc1Cl. The molecule has 1 heterocycles. The highest BCUT2D eigenvalue weighted by Gasteiger charge is 2.27. The number of hydrogen-bond acceptors (Lipinski definition) is 4. The minimum atomic E-state index is -0.135. The molecule has 1 aliphatic rings. The van der Waals surface area contributed by atoms with Crippen LogP contribution < -0.4 is 15.4 Å². The summed E-state index contributed by atoms with van der Waals surface area (Å²) < 4.78 is 5.14. The summed E-state index contributed by atoms with van der Waals surface area (Å²) in [6.07, 6.45) is 1.01. The zero-order valence-electron chi connectivity index (χ0n) is 10.5. The maximum atomic E-state index is 9.08. The number of nitrogens with two attached hydrogens (primary N) is 1. The van der Waals surface area contributed by atoms with Crippen LogP contribution in [0.5, 0.6) is 5.75 Å². The Bertz CT molecular complexity index is 414. The Morgan fingerprint density at radius 3 is 3.00 bits per heavy atom. The van der Waals surface area contributed by atoms with Crippen LogP contribution in [-0.2, 0) is 0 Å². The maximum Gasteiger partial charge on any atom is 0.137 e. The summed E-state index contributed by atoms with van der Waals surface area (Å²) in [7, 11) is 1.60. The van der Waals surface area contributed by atoms with Gasteiger partial charge in [-0.05, 0) is 30.5 Å². The van der Waals surface area contributed by atoms with Crippen LogP contribution in [0.1, 0.15) is 6.42 Å². The fourth-order valence-corrected chi connectivity index (χ4v) is 2.62. The van der Waals surface area contributed by atoms with Gasteiger partial charge in [0.2, 0.25) is 0 Å². The van der Waals surface area contributed by atoms with Crippen LogP contribution in [0.2, 0.25) is 5.02 Å². The monoisotopic (exact) mass is 270 g/mol. The predicted octanol–water partition coefficient (Wildman–Crippen LogP) is 1.49. The van der Waals surface area contributed by atoms with E-state index in [0.717, 1.165) is 25.2 Å². The quantitative estimate of drug-likeness (QED) is 0.870. The van der Waals surface area contributed by atoms with E-state index < -0.39 is 0 Å². The van der Waals surface area contributed by atoms with E-state index in [2.05, 4.69) is 4.90 Å². The lowest BCUT2D eigenvalue weighted by molar-refractivity contribution is 0.233. The zero-order valence-corrected chi connectivity index (χ0v) is 11.2. The van der Waals surface area contributed by atoms with Gasteiger partial charge in [-0.15, -0.1) is 0 Å². The first-order chi connectivity index (χ1) is 8.65. The summed E-state index contributed by atoms with van der Waals surface area (Å²) in [5, 5.41) is 9.70. The van der Waals surface area contributed by atoms with Gasteiger partial charge in [0.25, 0.3) is 0 Å². The molecule has 1 saturated heterocycles. The molecule has 0 saturated carbocycles. The van der Waals surface area contributed by atoms with Crippen molar-refractivity contribution in [3.8, 4) is 5.75 Å². The maximum absolute atomic E-state index is 9.08. The topological polar surface area (TPSA) is 58.7 Å². The van der Waals surface area contributed by atoms with E-state index >= 15 is 0 Å². The van der Waals surface area contributed by atoms with Crippen molar-refractivity contribution in [2.75, 3.05) is 31.7 Å². The number of halogens is 1. The largest absolute Gasteiger partial charge is 0.495 e. The first kappa shape index (κ1) is 13.5. The zero-order chi connectivity index (χ0) is 13.1. The lowest BCUT2D eigenvalue weighted by atomic mass is 10.0. The van der Waals surface area contributed by atoms with Gasteiger partial charge in [-0.1, -0.05) is 11.6 Å². The third kappa shape index (κ3) is 2.71. The first-order valence-corrected chi connectivity index (χ1v) is 6.48. The van der Waals surface area contributed by atoms with Gasteiger partial charge < -0.3 is 20.5 Å². The molecule has 1 fully saturated rings. The molecule has 18 heavy (non-hydrogen) atoms. The number of methoxy groups -OCH3 is 1. The molecule has 1 aromatic carbocycles. The van der Waals surface area contributed by atoms with E-state index in [-0.39, 0.29) is 12.6 Å². The molecule has 0 radical (unpaired) electrons. The summed E-state index contributed by atoms with van der Waals surface area (Å²) in [6.45, 7) is 1.85. The average Bonchev–Trinajstić information content (AvgIpc) is 2.87. The van der Waals surface area contributed by atoms with Crippen LogP contribution in [-0.4, -0.2) is 38.0 Å². The standard InChI is InChI=1S/C13H19ClN2O2/c1-18-13-3-2-10(6-11(13)14)16-5-4-9(7-16)12(15)8-17/h2-3,6,9,12,17H,4-5,7-8,15H2,1H3. The summed E-state index contributed by atoms with van der Waals surface area (Å²) in [6, 6.07) is 5.64. The Morgan fingerprint density at radius 2 is 2.39 bits per heavy atom. The van der Waals surface area contributed by atoms with Gasteiger partial charge in [-0.2, -0.15) is 0 Å². The van der Waals surface area contributed by atoms with E-state index in [1.54, 1.807) is 7.11 Å². The van der Waals surface area contributed by atoms with Crippen LogP contribution in [0, 0.1) is 5.92 Å². The van der Waals surface area contributed by atoms with Gasteiger partial charge in [-0.3, -0.25) is 0 Å². The minimum absolute atomic E-state index is 0.0435. The number of nitrogens with zero attached hydrogens (tertiary/aromatic N) is 1. The number of aliphatic hydroxyl groups excluding tert-OH is 1. The summed E-state index contributed by atoms with van der Waals surface area (Å²) in [5.74, 6) is 1.03. The van der Waals surface area contributed by atoms with E-state index in [0.29, 0.717) is 16.7 Å². The number of ether oxygens (including phenoxy) is 1. The van der Waals surface area contributed by atoms with Crippen molar-refractivity contribution >= 4 is 17.3 Å². The fourth-order valence-electron chi connectivity index (χ4n) is 2.37. The number of rotatable bonds is 4. The summed E-state index contributed by atoms with van der Waals surface area (Å²) >= 11 is 6.12. The first-order valence-electron chi connectivity index (χ1n) is 6.10. The van der Waals surface area contributed by atoms with Crippen LogP contribution in [0.25, 0.3) is 0 Å². The lowest BCUT2D eigenvalue weighted by Crippen LogP contribution is -2.35. The van der Waals surface area contributed by atoms with Gasteiger partial charge in [0.15, 0.2) is 0 Å². The molecular formula is C13H19ClN2O2. The van der Waals surface area contributed by atoms with Crippen LogP contribution >= 0.6 is 11.6 Å². The van der Waals surface area contributed by atoms with Crippen molar-refractivity contribution in [2.24, 2.45) is 11.7 Å². The average molecular weight is 271 g/mol. The van der Waals surface area contributed by atoms with Crippen molar-refractivity contribution in [1.82, 2.24) is 0 Å². The van der Waals surface area contributed by atoms with Crippen molar-refractivity contribution in [3.05, 3.63) is 23.2 Å². The minimum Gasteiger partial charge on any atom is -0.495 e. The Morgan fingerprint density at radius 1 is 1.61 bits per heavy atom. The number of hydrogen-bond donors (Lipinski definition) is 2. The molecule has 0 bridgehead atoms. The predicted molar refractivity (Wildman–Crippen MR) is 73.4 cm³/mol. The second kappa shape index (κ2) is 5.78. The van der Waals surface area contributed by atoms with Gasteiger partial charge in [-0.25, -0.2) is 0 Å². The molecule has 1 aliphatic heterocycles. The van der Waals surface area contributed by atoms with E-state index in [1.165, 1.54) is 0 Å². The Balaban J connectivity index is 2.07. The van der Waals surface area contributed by atoms with Crippen molar-refractivity contribution in [2.45, 2.75) is 12.5 Å². The highest BCUT2D eigenvalue weighted by molar-refractivity contribution is 6.32. The molecular weight excluding hydrogens is 252 g/mol. The molecule has 3 N–H and O–H groups in total. The summed E-state index contributed by atoms with van der Waals surface area (Å²) in [4.78, 5) is 2.24. The van der Waals surface area contributed by atoms with E-state index in [1.807, 2.05) is 18.2 Å².